The SMILES string of the molecule is CCc1ccsc1CNCc1ccc(C#N)cc1C. The van der Waals surface area contributed by atoms with Gasteiger partial charge in [0.25, 0.3) is 0 Å². The second-order valence-corrected chi connectivity index (χ2v) is 5.58. The molecule has 19 heavy (non-hydrogen) atoms. The van der Waals surface area contributed by atoms with Crippen molar-refractivity contribution in [2.45, 2.75) is 33.4 Å². The van der Waals surface area contributed by atoms with Crippen LogP contribution in [-0.2, 0) is 19.5 Å². The second-order valence-electron chi connectivity index (χ2n) is 4.58. The van der Waals surface area contributed by atoms with Gasteiger partial charge in [-0.15, -0.1) is 11.3 Å². The summed E-state index contributed by atoms with van der Waals surface area (Å²) >= 11 is 1.81. The standard InChI is InChI=1S/C16H18N2S/c1-3-14-6-7-19-16(14)11-18-10-15-5-4-13(9-17)8-12(15)2/h4-8,18H,3,10-11H2,1-2H3. The fourth-order valence-electron chi connectivity index (χ4n) is 2.11. The quantitative estimate of drug-likeness (QED) is 0.897. The largest absolute Gasteiger partial charge is 0.308 e. The Hall–Kier alpha value is -1.63. The van der Waals surface area contributed by atoms with Crippen molar-refractivity contribution in [3.05, 3.63) is 56.8 Å². The van der Waals surface area contributed by atoms with E-state index in [1.165, 1.54) is 21.6 Å². The Labute approximate surface area is 118 Å². The third kappa shape index (κ3) is 3.44. The molecule has 2 aromatic rings. The summed E-state index contributed by atoms with van der Waals surface area (Å²) < 4.78 is 0. The molecule has 0 aliphatic heterocycles. The molecule has 0 aliphatic carbocycles. The van der Waals surface area contributed by atoms with E-state index in [0.29, 0.717) is 0 Å². The Morgan fingerprint density at radius 3 is 2.74 bits per heavy atom. The zero-order valence-electron chi connectivity index (χ0n) is 11.4. The van der Waals surface area contributed by atoms with E-state index in [-0.39, 0.29) is 0 Å². The molecule has 0 radical (unpaired) electrons. The number of benzene rings is 1. The van der Waals surface area contributed by atoms with Crippen LogP contribution in [0.2, 0.25) is 0 Å². The molecule has 1 heterocycles. The van der Waals surface area contributed by atoms with E-state index < -0.39 is 0 Å². The second kappa shape index (κ2) is 6.51. The summed E-state index contributed by atoms with van der Waals surface area (Å²) in [5, 5.41) is 14.5. The molecule has 0 saturated heterocycles. The first kappa shape index (κ1) is 13.8. The molecule has 98 valence electrons. The molecule has 0 spiro atoms. The van der Waals surface area contributed by atoms with Gasteiger partial charge in [-0.3, -0.25) is 0 Å². The maximum atomic E-state index is 8.85. The summed E-state index contributed by atoms with van der Waals surface area (Å²) in [4.78, 5) is 1.42. The zero-order valence-corrected chi connectivity index (χ0v) is 12.2. The van der Waals surface area contributed by atoms with Crippen molar-refractivity contribution in [1.82, 2.24) is 5.32 Å². The van der Waals surface area contributed by atoms with Crippen LogP contribution in [0.5, 0.6) is 0 Å². The number of thiophene rings is 1. The van der Waals surface area contributed by atoms with Gasteiger partial charge >= 0.3 is 0 Å². The van der Waals surface area contributed by atoms with Crippen LogP contribution >= 0.6 is 11.3 Å². The Morgan fingerprint density at radius 1 is 1.21 bits per heavy atom. The maximum Gasteiger partial charge on any atom is 0.0991 e. The van der Waals surface area contributed by atoms with Gasteiger partial charge in [-0.1, -0.05) is 13.0 Å². The smallest absolute Gasteiger partial charge is 0.0991 e. The van der Waals surface area contributed by atoms with Crippen LogP contribution in [0.25, 0.3) is 0 Å². The average molecular weight is 270 g/mol. The Kier molecular flexibility index (Phi) is 4.73. The maximum absolute atomic E-state index is 8.85. The summed E-state index contributed by atoms with van der Waals surface area (Å²) in [6.45, 7) is 6.01. The molecule has 0 bridgehead atoms. The Bertz CT molecular complexity index is 593. The van der Waals surface area contributed by atoms with Gasteiger partial charge in [0, 0.05) is 18.0 Å². The van der Waals surface area contributed by atoms with Gasteiger partial charge in [0.15, 0.2) is 0 Å². The van der Waals surface area contributed by atoms with Gasteiger partial charge in [0.2, 0.25) is 0 Å². The molecule has 3 heteroatoms. The molecule has 0 aliphatic rings. The number of nitrogens with zero attached hydrogens (tertiary/aromatic N) is 1. The lowest BCUT2D eigenvalue weighted by atomic mass is 10.1. The van der Waals surface area contributed by atoms with Crippen LogP contribution in [0.4, 0.5) is 0 Å². The lowest BCUT2D eigenvalue weighted by Gasteiger charge is -2.08. The molecule has 0 unspecified atom stereocenters. The molecule has 1 aromatic heterocycles. The molecule has 2 rings (SSSR count). The highest BCUT2D eigenvalue weighted by Crippen LogP contribution is 2.17. The third-order valence-corrected chi connectivity index (χ3v) is 4.25. The van der Waals surface area contributed by atoms with Gasteiger partial charge in [-0.2, -0.15) is 5.26 Å². The van der Waals surface area contributed by atoms with Crippen LogP contribution in [-0.4, -0.2) is 0 Å². The van der Waals surface area contributed by atoms with Gasteiger partial charge in [0.05, 0.1) is 11.6 Å². The molecule has 0 fully saturated rings. The summed E-state index contributed by atoms with van der Waals surface area (Å²) in [6.07, 6.45) is 1.09. The predicted molar refractivity (Wildman–Crippen MR) is 80.1 cm³/mol. The van der Waals surface area contributed by atoms with Crippen molar-refractivity contribution in [2.75, 3.05) is 0 Å². The molecule has 0 saturated carbocycles. The molecule has 0 atom stereocenters. The van der Waals surface area contributed by atoms with Crippen molar-refractivity contribution in [3.8, 4) is 6.07 Å². The number of hydrogen-bond acceptors (Lipinski definition) is 3. The van der Waals surface area contributed by atoms with E-state index in [1.54, 1.807) is 0 Å². The number of rotatable bonds is 5. The lowest BCUT2D eigenvalue weighted by Crippen LogP contribution is -2.13. The van der Waals surface area contributed by atoms with Crippen molar-refractivity contribution in [1.29, 1.82) is 5.26 Å². The topological polar surface area (TPSA) is 35.8 Å². The van der Waals surface area contributed by atoms with Crippen LogP contribution < -0.4 is 5.32 Å². The van der Waals surface area contributed by atoms with E-state index in [0.717, 1.165) is 25.1 Å². The van der Waals surface area contributed by atoms with Crippen LogP contribution in [0.3, 0.4) is 0 Å². The van der Waals surface area contributed by atoms with Gasteiger partial charge < -0.3 is 5.32 Å². The van der Waals surface area contributed by atoms with Crippen molar-refractivity contribution < 1.29 is 0 Å². The first-order valence-corrected chi connectivity index (χ1v) is 7.38. The van der Waals surface area contributed by atoms with E-state index in [2.05, 4.69) is 36.7 Å². The van der Waals surface area contributed by atoms with Gasteiger partial charge in [-0.05, 0) is 53.6 Å². The number of aryl methyl sites for hydroxylation is 2. The summed E-state index contributed by atoms with van der Waals surface area (Å²) in [5.41, 5.74) is 4.60. The monoisotopic (exact) mass is 270 g/mol. The first-order chi connectivity index (χ1) is 9.24. The molecule has 1 N–H and O–H groups in total. The van der Waals surface area contributed by atoms with Crippen LogP contribution in [0.15, 0.2) is 29.6 Å². The minimum Gasteiger partial charge on any atom is -0.308 e. The van der Waals surface area contributed by atoms with E-state index in [9.17, 15) is 0 Å². The predicted octanol–water partition coefficient (Wildman–Crippen LogP) is 3.78. The van der Waals surface area contributed by atoms with E-state index >= 15 is 0 Å². The highest BCUT2D eigenvalue weighted by Gasteiger charge is 2.03. The molecular formula is C16H18N2S. The third-order valence-electron chi connectivity index (χ3n) is 3.29. The van der Waals surface area contributed by atoms with Crippen molar-refractivity contribution >= 4 is 11.3 Å². The summed E-state index contributed by atoms with van der Waals surface area (Å²) in [7, 11) is 0. The summed E-state index contributed by atoms with van der Waals surface area (Å²) in [5.74, 6) is 0. The lowest BCUT2D eigenvalue weighted by molar-refractivity contribution is 0.694. The van der Waals surface area contributed by atoms with Gasteiger partial charge in [-0.25, -0.2) is 0 Å². The fraction of sp³-hybridized carbons (Fsp3) is 0.312. The highest BCUT2D eigenvalue weighted by atomic mass is 32.1. The molecular weight excluding hydrogens is 252 g/mol. The molecule has 2 nitrogen and oxygen atoms in total. The molecule has 1 aromatic carbocycles. The summed E-state index contributed by atoms with van der Waals surface area (Å²) in [6, 6.07) is 10.2. The van der Waals surface area contributed by atoms with Crippen LogP contribution in [0, 0.1) is 18.3 Å². The highest BCUT2D eigenvalue weighted by molar-refractivity contribution is 7.10. The molecule has 0 amide bonds. The minimum atomic E-state index is 0.729. The first-order valence-electron chi connectivity index (χ1n) is 6.50. The minimum absolute atomic E-state index is 0.729. The van der Waals surface area contributed by atoms with E-state index in [1.807, 2.05) is 29.5 Å². The number of nitriles is 1. The Morgan fingerprint density at radius 2 is 2.05 bits per heavy atom. The Balaban J connectivity index is 1.95. The van der Waals surface area contributed by atoms with E-state index in [4.69, 9.17) is 5.26 Å². The average Bonchev–Trinajstić information content (AvgIpc) is 2.88. The van der Waals surface area contributed by atoms with Crippen molar-refractivity contribution in [2.24, 2.45) is 0 Å². The van der Waals surface area contributed by atoms with Crippen molar-refractivity contribution in [3.63, 3.8) is 0 Å². The normalized spacial score (nSPS) is 10.4. The fourth-order valence-corrected chi connectivity index (χ4v) is 3.06. The van der Waals surface area contributed by atoms with Crippen LogP contribution in [0.1, 0.15) is 34.1 Å². The number of hydrogen-bond donors (Lipinski definition) is 1. The van der Waals surface area contributed by atoms with Gasteiger partial charge in [0.1, 0.15) is 0 Å². The zero-order chi connectivity index (χ0) is 13.7. The number of nitrogens with one attached hydrogen (secondary N) is 1.